The second-order valence-corrected chi connectivity index (χ2v) is 8.07. The van der Waals surface area contributed by atoms with Gasteiger partial charge in [-0.1, -0.05) is 24.3 Å². The van der Waals surface area contributed by atoms with Gasteiger partial charge in [-0.15, -0.1) is 0 Å². The van der Waals surface area contributed by atoms with Crippen LogP contribution in [0.4, 0.5) is 16.2 Å². The Balaban J connectivity index is 1.29. The molecule has 0 radical (unpaired) electrons. The molecule has 1 saturated heterocycles. The van der Waals surface area contributed by atoms with Gasteiger partial charge in [0.15, 0.2) is 6.10 Å². The van der Waals surface area contributed by atoms with Crippen molar-refractivity contribution in [2.75, 3.05) is 29.9 Å². The minimum atomic E-state index is -0.577. The number of fused-ring (bicyclic) bond motifs is 1. The average Bonchev–Trinajstić information content (AvgIpc) is 3.33. The molecule has 1 unspecified atom stereocenters. The standard InChI is InChI=1S/C24H28N4O4/c1-17-23(30)28(20-9-2-3-10-21(20)32-17)14-11-22(29)25-16-18-7-6-8-19(15-18)26-24(31)27-12-4-5-13-27/h2-3,6-10,15,17H,4-5,11-14,16H2,1H3,(H,25,29)(H,26,31). The number of para-hydroxylation sites is 2. The number of nitrogens with one attached hydrogen (secondary N) is 2. The van der Waals surface area contributed by atoms with E-state index in [0.717, 1.165) is 31.5 Å². The largest absolute Gasteiger partial charge is 0.479 e. The Morgan fingerprint density at radius 2 is 1.88 bits per heavy atom. The number of rotatable bonds is 6. The van der Waals surface area contributed by atoms with Crippen molar-refractivity contribution in [2.45, 2.75) is 38.8 Å². The first-order valence-electron chi connectivity index (χ1n) is 11.0. The maximum Gasteiger partial charge on any atom is 0.321 e. The molecule has 0 aliphatic carbocycles. The van der Waals surface area contributed by atoms with Crippen molar-refractivity contribution in [1.29, 1.82) is 0 Å². The summed E-state index contributed by atoms with van der Waals surface area (Å²) in [7, 11) is 0. The summed E-state index contributed by atoms with van der Waals surface area (Å²) in [6.45, 7) is 3.91. The summed E-state index contributed by atoms with van der Waals surface area (Å²) in [5, 5.41) is 5.81. The number of likely N-dealkylation sites (tertiary alicyclic amines) is 1. The molecule has 0 aromatic heterocycles. The fourth-order valence-corrected chi connectivity index (χ4v) is 3.97. The summed E-state index contributed by atoms with van der Waals surface area (Å²) in [6, 6.07) is 14.7. The molecule has 8 heteroatoms. The van der Waals surface area contributed by atoms with E-state index < -0.39 is 6.10 Å². The second kappa shape index (κ2) is 9.72. The van der Waals surface area contributed by atoms with Crippen LogP contribution < -0.4 is 20.3 Å². The van der Waals surface area contributed by atoms with Crippen LogP contribution in [-0.2, 0) is 16.1 Å². The molecule has 1 atom stereocenters. The summed E-state index contributed by atoms with van der Waals surface area (Å²) in [4.78, 5) is 40.7. The van der Waals surface area contributed by atoms with E-state index in [1.807, 2.05) is 48.5 Å². The molecule has 2 N–H and O–H groups in total. The van der Waals surface area contributed by atoms with Gasteiger partial charge in [0.05, 0.1) is 5.69 Å². The zero-order chi connectivity index (χ0) is 22.5. The van der Waals surface area contributed by atoms with Gasteiger partial charge in [-0.25, -0.2) is 4.79 Å². The van der Waals surface area contributed by atoms with E-state index in [-0.39, 0.29) is 30.8 Å². The topological polar surface area (TPSA) is 91.0 Å². The van der Waals surface area contributed by atoms with E-state index in [0.29, 0.717) is 23.7 Å². The Labute approximate surface area is 187 Å². The molecule has 4 rings (SSSR count). The number of amides is 4. The number of carbonyl (C=O) groups excluding carboxylic acids is 3. The molecule has 4 amide bonds. The number of nitrogens with zero attached hydrogens (tertiary/aromatic N) is 2. The Kier molecular flexibility index (Phi) is 6.58. The van der Waals surface area contributed by atoms with Gasteiger partial charge in [0.2, 0.25) is 5.91 Å². The van der Waals surface area contributed by atoms with Crippen molar-refractivity contribution in [3.63, 3.8) is 0 Å². The van der Waals surface area contributed by atoms with E-state index >= 15 is 0 Å². The van der Waals surface area contributed by atoms with E-state index in [9.17, 15) is 14.4 Å². The van der Waals surface area contributed by atoms with Gasteiger partial charge in [0.1, 0.15) is 5.75 Å². The number of benzene rings is 2. The van der Waals surface area contributed by atoms with Crippen LogP contribution in [0.1, 0.15) is 31.7 Å². The Bertz CT molecular complexity index is 1000. The highest BCUT2D eigenvalue weighted by molar-refractivity contribution is 6.00. The van der Waals surface area contributed by atoms with Gasteiger partial charge in [0, 0.05) is 38.3 Å². The molecule has 1 fully saturated rings. The van der Waals surface area contributed by atoms with Gasteiger partial charge in [-0.3, -0.25) is 9.59 Å². The summed E-state index contributed by atoms with van der Waals surface area (Å²) in [5.41, 5.74) is 2.28. The lowest BCUT2D eigenvalue weighted by Gasteiger charge is -2.32. The number of anilines is 2. The third kappa shape index (κ3) is 5.01. The predicted molar refractivity (Wildman–Crippen MR) is 122 cm³/mol. The highest BCUT2D eigenvalue weighted by atomic mass is 16.5. The first kappa shape index (κ1) is 21.7. The molecule has 2 aromatic carbocycles. The lowest BCUT2D eigenvalue weighted by atomic mass is 10.1. The van der Waals surface area contributed by atoms with E-state index in [1.165, 1.54) is 0 Å². The summed E-state index contributed by atoms with van der Waals surface area (Å²) >= 11 is 0. The Morgan fingerprint density at radius 3 is 2.69 bits per heavy atom. The monoisotopic (exact) mass is 436 g/mol. The number of carbonyl (C=O) groups is 3. The average molecular weight is 437 g/mol. The van der Waals surface area contributed by atoms with E-state index in [1.54, 1.807) is 16.7 Å². The van der Waals surface area contributed by atoms with Crippen LogP contribution in [0, 0.1) is 0 Å². The van der Waals surface area contributed by atoms with E-state index in [4.69, 9.17) is 4.74 Å². The van der Waals surface area contributed by atoms with Crippen LogP contribution in [0.3, 0.4) is 0 Å². The van der Waals surface area contributed by atoms with Gasteiger partial charge in [0.25, 0.3) is 5.91 Å². The molecule has 0 bridgehead atoms. The molecule has 32 heavy (non-hydrogen) atoms. The Hall–Kier alpha value is -3.55. The number of ether oxygens (including phenoxy) is 1. The van der Waals surface area contributed by atoms with Crippen molar-refractivity contribution in [2.24, 2.45) is 0 Å². The third-order valence-corrected chi connectivity index (χ3v) is 5.70. The second-order valence-electron chi connectivity index (χ2n) is 8.07. The van der Waals surface area contributed by atoms with Crippen molar-refractivity contribution in [3.05, 3.63) is 54.1 Å². The molecular weight excluding hydrogens is 408 g/mol. The molecule has 0 spiro atoms. The summed E-state index contributed by atoms with van der Waals surface area (Å²) in [6.07, 6.45) is 1.68. The maximum absolute atomic E-state index is 12.5. The fraction of sp³-hybridized carbons (Fsp3) is 0.375. The minimum absolute atomic E-state index is 0.0895. The number of hydrogen-bond donors (Lipinski definition) is 2. The van der Waals surface area contributed by atoms with Crippen LogP contribution in [0.2, 0.25) is 0 Å². The smallest absolute Gasteiger partial charge is 0.321 e. The van der Waals surface area contributed by atoms with Gasteiger partial charge in [-0.05, 0) is 49.6 Å². The van der Waals surface area contributed by atoms with Crippen LogP contribution in [0.15, 0.2) is 48.5 Å². The SMILES string of the molecule is CC1Oc2ccccc2N(CCC(=O)NCc2cccc(NC(=O)N3CCCC3)c2)C1=O. The molecule has 0 saturated carbocycles. The minimum Gasteiger partial charge on any atom is -0.479 e. The maximum atomic E-state index is 12.5. The van der Waals surface area contributed by atoms with Crippen LogP contribution in [-0.4, -0.2) is 48.5 Å². The van der Waals surface area contributed by atoms with Crippen molar-refractivity contribution >= 4 is 29.2 Å². The summed E-state index contributed by atoms with van der Waals surface area (Å²) < 4.78 is 5.63. The zero-order valence-electron chi connectivity index (χ0n) is 18.2. The first-order chi connectivity index (χ1) is 15.5. The van der Waals surface area contributed by atoms with E-state index in [2.05, 4.69) is 10.6 Å². The normalized spacial score (nSPS) is 17.5. The fourth-order valence-electron chi connectivity index (χ4n) is 3.97. The molecular formula is C24H28N4O4. The van der Waals surface area contributed by atoms with Crippen LogP contribution >= 0.6 is 0 Å². The molecule has 2 aromatic rings. The van der Waals surface area contributed by atoms with Crippen molar-refractivity contribution in [1.82, 2.24) is 10.2 Å². The van der Waals surface area contributed by atoms with Crippen LogP contribution in [0.25, 0.3) is 0 Å². The summed E-state index contributed by atoms with van der Waals surface area (Å²) in [5.74, 6) is 0.340. The predicted octanol–water partition coefficient (Wildman–Crippen LogP) is 3.13. The quantitative estimate of drug-likeness (QED) is 0.728. The Morgan fingerprint density at radius 1 is 1.09 bits per heavy atom. The number of hydrogen-bond acceptors (Lipinski definition) is 4. The van der Waals surface area contributed by atoms with Crippen molar-refractivity contribution in [3.8, 4) is 5.75 Å². The highest BCUT2D eigenvalue weighted by Gasteiger charge is 2.31. The molecule has 168 valence electrons. The zero-order valence-corrected chi connectivity index (χ0v) is 18.2. The lowest BCUT2D eigenvalue weighted by Crippen LogP contribution is -2.45. The van der Waals surface area contributed by atoms with Gasteiger partial charge in [-0.2, -0.15) is 0 Å². The highest BCUT2D eigenvalue weighted by Crippen LogP contribution is 2.33. The number of urea groups is 1. The van der Waals surface area contributed by atoms with Crippen LogP contribution in [0.5, 0.6) is 5.75 Å². The van der Waals surface area contributed by atoms with Crippen molar-refractivity contribution < 1.29 is 19.1 Å². The molecule has 2 aliphatic rings. The molecule has 8 nitrogen and oxygen atoms in total. The third-order valence-electron chi connectivity index (χ3n) is 5.70. The van der Waals surface area contributed by atoms with Gasteiger partial charge < -0.3 is 25.2 Å². The van der Waals surface area contributed by atoms with Gasteiger partial charge >= 0.3 is 6.03 Å². The molecule has 2 aliphatic heterocycles. The first-order valence-corrected chi connectivity index (χ1v) is 11.0. The lowest BCUT2D eigenvalue weighted by molar-refractivity contribution is -0.125. The molecule has 2 heterocycles.